The molecule has 1 aromatic rings. The van der Waals surface area contributed by atoms with Crippen molar-refractivity contribution in [1.82, 2.24) is 10.3 Å². The zero-order chi connectivity index (χ0) is 13.8. The van der Waals surface area contributed by atoms with Gasteiger partial charge in [0, 0.05) is 17.8 Å². The van der Waals surface area contributed by atoms with E-state index in [1.807, 2.05) is 26.0 Å². The second-order valence-electron chi connectivity index (χ2n) is 5.56. The van der Waals surface area contributed by atoms with E-state index in [4.69, 9.17) is 4.74 Å². The normalized spacial score (nSPS) is 13.2. The number of aryl methyl sites for hydroxylation is 1. The van der Waals surface area contributed by atoms with Gasteiger partial charge in [-0.15, -0.1) is 0 Å². The van der Waals surface area contributed by atoms with E-state index in [-0.39, 0.29) is 11.6 Å². The van der Waals surface area contributed by atoms with E-state index in [2.05, 4.69) is 37.7 Å². The summed E-state index contributed by atoms with van der Waals surface area (Å²) in [6.07, 6.45) is 1.77. The molecule has 1 unspecified atom stereocenters. The van der Waals surface area contributed by atoms with E-state index >= 15 is 0 Å². The fraction of sp³-hybridized carbons (Fsp3) is 0.533. The van der Waals surface area contributed by atoms with Gasteiger partial charge < -0.3 is 10.1 Å². The van der Waals surface area contributed by atoms with Crippen LogP contribution in [-0.2, 0) is 6.54 Å². The van der Waals surface area contributed by atoms with Crippen LogP contribution in [-0.4, -0.2) is 16.6 Å². The monoisotopic (exact) mass is 248 g/mol. The van der Waals surface area contributed by atoms with Gasteiger partial charge in [-0.05, 0) is 46.8 Å². The zero-order valence-corrected chi connectivity index (χ0v) is 12.1. The largest absolute Gasteiger partial charge is 0.485 e. The Morgan fingerprint density at radius 2 is 2.11 bits per heavy atom. The summed E-state index contributed by atoms with van der Waals surface area (Å²) in [5.41, 5.74) is 2.00. The number of rotatable bonds is 5. The minimum atomic E-state index is -0.0112. The van der Waals surface area contributed by atoms with E-state index in [0.29, 0.717) is 6.54 Å². The molecule has 0 aromatic carbocycles. The van der Waals surface area contributed by atoms with E-state index in [1.165, 1.54) is 0 Å². The topological polar surface area (TPSA) is 34.1 Å². The molecule has 100 valence electrons. The number of aromatic nitrogens is 1. The maximum atomic E-state index is 5.79. The molecule has 3 heteroatoms. The standard InChI is InChI=1S/C15H24N2O/c1-7-12(3)18-14-9-8-11(2)17-13(14)10-16-15(4,5)6/h7-9,12,16H,1,10H2,2-6H3. The van der Waals surface area contributed by atoms with E-state index < -0.39 is 0 Å². The van der Waals surface area contributed by atoms with Crippen LogP contribution >= 0.6 is 0 Å². The molecular formula is C15H24N2O. The molecule has 1 N–H and O–H groups in total. The van der Waals surface area contributed by atoms with Crippen LogP contribution in [0.25, 0.3) is 0 Å². The molecule has 0 amide bonds. The molecule has 1 heterocycles. The lowest BCUT2D eigenvalue weighted by atomic mass is 10.1. The van der Waals surface area contributed by atoms with Gasteiger partial charge in [0.05, 0.1) is 5.69 Å². The molecule has 1 rings (SSSR count). The molecule has 0 spiro atoms. The van der Waals surface area contributed by atoms with Crippen molar-refractivity contribution in [3.63, 3.8) is 0 Å². The summed E-state index contributed by atoms with van der Waals surface area (Å²) in [6.45, 7) is 14.8. The summed E-state index contributed by atoms with van der Waals surface area (Å²) < 4.78 is 5.79. The lowest BCUT2D eigenvalue weighted by Gasteiger charge is -2.22. The van der Waals surface area contributed by atoms with Crippen LogP contribution in [0.15, 0.2) is 24.8 Å². The van der Waals surface area contributed by atoms with Crippen LogP contribution in [0.2, 0.25) is 0 Å². The summed E-state index contributed by atoms with van der Waals surface area (Å²) in [7, 11) is 0. The van der Waals surface area contributed by atoms with Crippen LogP contribution in [0.4, 0.5) is 0 Å². The molecule has 0 aliphatic rings. The van der Waals surface area contributed by atoms with Crippen molar-refractivity contribution in [3.05, 3.63) is 36.2 Å². The van der Waals surface area contributed by atoms with Crippen molar-refractivity contribution in [2.45, 2.75) is 52.8 Å². The van der Waals surface area contributed by atoms with Gasteiger partial charge in [0.2, 0.25) is 0 Å². The Morgan fingerprint density at radius 3 is 2.67 bits per heavy atom. The molecule has 1 atom stereocenters. The highest BCUT2D eigenvalue weighted by atomic mass is 16.5. The Balaban J connectivity index is 2.86. The summed E-state index contributed by atoms with van der Waals surface area (Å²) in [6, 6.07) is 3.94. The first kappa shape index (κ1) is 14.7. The van der Waals surface area contributed by atoms with Crippen molar-refractivity contribution >= 4 is 0 Å². The maximum Gasteiger partial charge on any atom is 0.143 e. The minimum Gasteiger partial charge on any atom is -0.485 e. The van der Waals surface area contributed by atoms with Gasteiger partial charge in [-0.2, -0.15) is 0 Å². The second kappa shape index (κ2) is 6.01. The Labute approximate surface area is 110 Å². The number of nitrogens with zero attached hydrogens (tertiary/aromatic N) is 1. The Kier molecular flexibility index (Phi) is 4.91. The molecule has 0 aliphatic carbocycles. The van der Waals surface area contributed by atoms with Gasteiger partial charge in [0.25, 0.3) is 0 Å². The molecule has 0 radical (unpaired) electrons. The molecule has 0 bridgehead atoms. The van der Waals surface area contributed by atoms with Gasteiger partial charge in [-0.3, -0.25) is 4.98 Å². The lowest BCUT2D eigenvalue weighted by molar-refractivity contribution is 0.264. The van der Waals surface area contributed by atoms with Crippen LogP contribution in [0.5, 0.6) is 5.75 Å². The third-order valence-corrected chi connectivity index (χ3v) is 2.50. The molecule has 0 aliphatic heterocycles. The summed E-state index contributed by atoms with van der Waals surface area (Å²) in [5.74, 6) is 0.824. The molecule has 0 saturated carbocycles. The van der Waals surface area contributed by atoms with Crippen LogP contribution in [0.3, 0.4) is 0 Å². The lowest BCUT2D eigenvalue weighted by Crippen LogP contribution is -2.35. The molecule has 3 nitrogen and oxygen atoms in total. The van der Waals surface area contributed by atoms with Gasteiger partial charge in [-0.25, -0.2) is 0 Å². The maximum absolute atomic E-state index is 5.79. The van der Waals surface area contributed by atoms with Gasteiger partial charge in [0.1, 0.15) is 11.9 Å². The summed E-state index contributed by atoms with van der Waals surface area (Å²) >= 11 is 0. The van der Waals surface area contributed by atoms with E-state index in [1.54, 1.807) is 6.08 Å². The quantitative estimate of drug-likeness (QED) is 0.812. The van der Waals surface area contributed by atoms with E-state index in [9.17, 15) is 0 Å². The Bertz CT molecular complexity index is 407. The van der Waals surface area contributed by atoms with Gasteiger partial charge in [0.15, 0.2) is 0 Å². The predicted molar refractivity (Wildman–Crippen MR) is 75.9 cm³/mol. The molecule has 18 heavy (non-hydrogen) atoms. The predicted octanol–water partition coefficient (Wildman–Crippen LogP) is 3.23. The zero-order valence-electron chi connectivity index (χ0n) is 12.1. The van der Waals surface area contributed by atoms with Crippen LogP contribution in [0, 0.1) is 6.92 Å². The average Bonchev–Trinajstić information content (AvgIpc) is 2.28. The highest BCUT2D eigenvalue weighted by Gasteiger charge is 2.13. The first-order valence-corrected chi connectivity index (χ1v) is 6.32. The third kappa shape index (κ3) is 4.88. The third-order valence-electron chi connectivity index (χ3n) is 2.50. The van der Waals surface area contributed by atoms with Crippen LogP contribution in [0.1, 0.15) is 39.1 Å². The Hall–Kier alpha value is -1.35. The number of hydrogen-bond donors (Lipinski definition) is 1. The van der Waals surface area contributed by atoms with Crippen LogP contribution < -0.4 is 10.1 Å². The van der Waals surface area contributed by atoms with Crippen molar-refractivity contribution in [2.24, 2.45) is 0 Å². The van der Waals surface area contributed by atoms with Crippen molar-refractivity contribution in [3.8, 4) is 5.75 Å². The van der Waals surface area contributed by atoms with Crippen molar-refractivity contribution in [2.75, 3.05) is 0 Å². The molecule has 0 saturated heterocycles. The molecular weight excluding hydrogens is 224 g/mol. The minimum absolute atomic E-state index is 0.0112. The number of pyridine rings is 1. The second-order valence-corrected chi connectivity index (χ2v) is 5.56. The van der Waals surface area contributed by atoms with Crippen molar-refractivity contribution < 1.29 is 4.74 Å². The highest BCUT2D eigenvalue weighted by molar-refractivity contribution is 5.29. The van der Waals surface area contributed by atoms with E-state index in [0.717, 1.165) is 17.1 Å². The molecule has 0 fully saturated rings. The molecule has 1 aromatic heterocycles. The first-order valence-electron chi connectivity index (χ1n) is 6.32. The first-order chi connectivity index (χ1) is 8.31. The van der Waals surface area contributed by atoms with Gasteiger partial charge in [-0.1, -0.05) is 12.7 Å². The van der Waals surface area contributed by atoms with Gasteiger partial charge >= 0.3 is 0 Å². The number of hydrogen-bond acceptors (Lipinski definition) is 3. The summed E-state index contributed by atoms with van der Waals surface area (Å²) in [4.78, 5) is 4.54. The SMILES string of the molecule is C=CC(C)Oc1ccc(C)nc1CNC(C)(C)C. The summed E-state index contributed by atoms with van der Waals surface area (Å²) in [5, 5.41) is 3.43. The average molecular weight is 248 g/mol. The highest BCUT2D eigenvalue weighted by Crippen LogP contribution is 2.19. The number of nitrogens with one attached hydrogen (secondary N) is 1. The Morgan fingerprint density at radius 1 is 1.44 bits per heavy atom. The fourth-order valence-electron chi connectivity index (χ4n) is 1.43. The van der Waals surface area contributed by atoms with Crippen molar-refractivity contribution in [1.29, 1.82) is 0 Å². The fourth-order valence-corrected chi connectivity index (χ4v) is 1.43. The number of ether oxygens (including phenoxy) is 1. The smallest absolute Gasteiger partial charge is 0.143 e.